The van der Waals surface area contributed by atoms with Crippen LogP contribution in [0.2, 0.25) is 0 Å². The number of aliphatic hydroxyl groups is 1. The Kier molecular flexibility index (Phi) is 13.3. The number of carbonyl (C=O) groups excluding carboxylic acids is 3. The number of ether oxygens (including phenoxy) is 2. The summed E-state index contributed by atoms with van der Waals surface area (Å²) in [6.45, 7) is 14.4. The van der Waals surface area contributed by atoms with Gasteiger partial charge in [-0.15, -0.1) is 0 Å². The molecule has 1 unspecified atom stereocenters. The molecule has 0 heterocycles. The van der Waals surface area contributed by atoms with E-state index in [0.717, 1.165) is 23.8 Å². The summed E-state index contributed by atoms with van der Waals surface area (Å²) in [4.78, 5) is 39.0. The molecule has 3 aromatic rings. The zero-order valence-corrected chi connectivity index (χ0v) is 28.7. The van der Waals surface area contributed by atoms with Gasteiger partial charge in [-0.05, 0) is 108 Å². The van der Waals surface area contributed by atoms with E-state index in [9.17, 15) is 28.3 Å². The summed E-state index contributed by atoms with van der Waals surface area (Å²) < 4.78 is 39.4. The Labute approximate surface area is 286 Å². The van der Waals surface area contributed by atoms with Crippen LogP contribution in [-0.4, -0.2) is 58.9 Å². The molecule has 0 fully saturated rings. The van der Waals surface area contributed by atoms with Gasteiger partial charge in [0.05, 0.1) is 12.1 Å². The maximum atomic E-state index is 14.5. The molecule has 49 heavy (non-hydrogen) atoms. The molecule has 3 aromatic carbocycles. The van der Waals surface area contributed by atoms with Crippen LogP contribution in [0.25, 0.3) is 0 Å². The molecule has 3 amide bonds. The van der Waals surface area contributed by atoms with E-state index in [1.807, 2.05) is 26.8 Å². The van der Waals surface area contributed by atoms with E-state index in [1.165, 1.54) is 12.1 Å². The van der Waals surface area contributed by atoms with Gasteiger partial charge in [0.2, 0.25) is 0 Å². The quantitative estimate of drug-likeness (QED) is 0.140. The Morgan fingerprint density at radius 1 is 0.837 bits per heavy atom. The maximum Gasteiger partial charge on any atom is 0.407 e. The van der Waals surface area contributed by atoms with Crippen molar-refractivity contribution in [2.24, 2.45) is 0 Å². The van der Waals surface area contributed by atoms with Crippen molar-refractivity contribution < 1.29 is 37.7 Å². The molecule has 5 N–H and O–H groups in total. The van der Waals surface area contributed by atoms with E-state index < -0.39 is 58.9 Å². The average molecular weight is 681 g/mol. The highest BCUT2D eigenvalue weighted by Gasteiger charge is 2.30. The molecular formula is C37H46F2N4O6. The summed E-state index contributed by atoms with van der Waals surface area (Å²) >= 11 is 0. The highest BCUT2D eigenvalue weighted by molar-refractivity contribution is 5.98. The predicted octanol–water partition coefficient (Wildman–Crippen LogP) is 5.62. The summed E-state index contributed by atoms with van der Waals surface area (Å²) in [7, 11) is 0. The summed E-state index contributed by atoms with van der Waals surface area (Å²) in [6, 6.07) is 16.6. The average Bonchev–Trinajstić information content (AvgIpc) is 2.99. The lowest BCUT2D eigenvalue weighted by Crippen LogP contribution is -2.51. The molecule has 0 spiro atoms. The molecule has 0 bridgehead atoms. The molecule has 0 aliphatic heterocycles. The molecule has 3 atom stereocenters. The lowest BCUT2D eigenvalue weighted by molar-refractivity contribution is -0.125. The Bertz CT molecular complexity index is 1600. The number of benzene rings is 3. The van der Waals surface area contributed by atoms with Gasteiger partial charge in [-0.1, -0.05) is 36.4 Å². The summed E-state index contributed by atoms with van der Waals surface area (Å²) in [6.07, 6.45) is -2.32. The Hall–Kier alpha value is -4.97. The highest BCUT2D eigenvalue weighted by Crippen LogP contribution is 2.17. The van der Waals surface area contributed by atoms with E-state index in [-0.39, 0.29) is 42.1 Å². The number of halogens is 2. The second-order valence-corrected chi connectivity index (χ2v) is 13.6. The van der Waals surface area contributed by atoms with Crippen LogP contribution < -0.4 is 21.3 Å². The van der Waals surface area contributed by atoms with E-state index >= 15 is 0 Å². The Balaban J connectivity index is 1.71. The minimum Gasteiger partial charge on any atom is -0.474 e. The fraction of sp³-hybridized carbons (Fsp3) is 0.378. The van der Waals surface area contributed by atoms with Crippen LogP contribution >= 0.6 is 0 Å². The van der Waals surface area contributed by atoms with Crippen LogP contribution in [0.3, 0.4) is 0 Å². The molecule has 0 aromatic heterocycles. The molecule has 10 nitrogen and oxygen atoms in total. The van der Waals surface area contributed by atoms with Gasteiger partial charge in [0.25, 0.3) is 11.8 Å². The van der Waals surface area contributed by atoms with Crippen LogP contribution in [0.15, 0.2) is 85.3 Å². The fourth-order valence-electron chi connectivity index (χ4n) is 4.79. The number of hydrogen-bond donors (Lipinski definition) is 5. The molecule has 3 rings (SSSR count). The molecule has 0 radical (unpaired) electrons. The lowest BCUT2D eigenvalue weighted by Gasteiger charge is -2.27. The Morgan fingerprint density at radius 3 is 2.16 bits per heavy atom. The standard InChI is InChI=1S/C37H46F2N4O6/c1-23(48-36(2,3)4)41-29(21-26-19-27(38)16-17-30(26)39)22-40-33(45)25-14-11-15-28(20-25)42-34(46)32(44)31(18-24-12-9-8-10-13-24)43-35(47)49-37(5,6)7/h8-17,19-20,29,31-32,41,44H,1,18,21-22H2,2-7H3,(H,40,45)(H,42,46)(H,43,47)/t29?,31-,32+/m1/s1. The molecule has 0 aliphatic carbocycles. The third kappa shape index (κ3) is 13.6. The van der Waals surface area contributed by atoms with E-state index in [1.54, 1.807) is 57.2 Å². The van der Waals surface area contributed by atoms with Crippen LogP contribution in [0, 0.1) is 11.6 Å². The molecule has 12 heteroatoms. The largest absolute Gasteiger partial charge is 0.474 e. The fourth-order valence-corrected chi connectivity index (χ4v) is 4.79. The first-order valence-electron chi connectivity index (χ1n) is 15.9. The van der Waals surface area contributed by atoms with Crippen molar-refractivity contribution in [3.8, 4) is 0 Å². The monoisotopic (exact) mass is 680 g/mol. The first kappa shape index (κ1) is 38.5. The molecule has 0 saturated heterocycles. The van der Waals surface area contributed by atoms with Crippen molar-refractivity contribution >= 4 is 23.6 Å². The lowest BCUT2D eigenvalue weighted by atomic mass is 10.0. The smallest absolute Gasteiger partial charge is 0.407 e. The zero-order valence-electron chi connectivity index (χ0n) is 28.7. The van der Waals surface area contributed by atoms with Crippen LogP contribution in [0.4, 0.5) is 19.3 Å². The number of alkyl carbamates (subject to hydrolysis) is 1. The second-order valence-electron chi connectivity index (χ2n) is 13.6. The number of hydrogen-bond acceptors (Lipinski definition) is 7. The number of rotatable bonds is 14. The van der Waals surface area contributed by atoms with Gasteiger partial charge in [0.1, 0.15) is 22.8 Å². The number of nitrogens with one attached hydrogen (secondary N) is 4. The van der Waals surface area contributed by atoms with Gasteiger partial charge >= 0.3 is 6.09 Å². The van der Waals surface area contributed by atoms with Crippen LogP contribution in [0.1, 0.15) is 63.0 Å². The third-order valence-electron chi connectivity index (χ3n) is 6.82. The van der Waals surface area contributed by atoms with Crippen LogP contribution in [0.5, 0.6) is 0 Å². The highest BCUT2D eigenvalue weighted by atomic mass is 19.1. The van der Waals surface area contributed by atoms with Crippen molar-refractivity contribution in [3.63, 3.8) is 0 Å². The van der Waals surface area contributed by atoms with Gasteiger partial charge in [-0.2, -0.15) is 0 Å². The normalized spacial score (nSPS) is 13.3. The van der Waals surface area contributed by atoms with Gasteiger partial charge in [-0.3, -0.25) is 9.59 Å². The number of carbonyl (C=O) groups is 3. The number of aliphatic hydroxyl groups excluding tert-OH is 1. The Morgan fingerprint density at radius 2 is 1.51 bits per heavy atom. The first-order valence-corrected chi connectivity index (χ1v) is 15.9. The number of amides is 3. The van der Waals surface area contributed by atoms with Crippen molar-refractivity contribution in [1.82, 2.24) is 16.0 Å². The predicted molar refractivity (Wildman–Crippen MR) is 184 cm³/mol. The van der Waals surface area contributed by atoms with Crippen molar-refractivity contribution in [2.75, 3.05) is 11.9 Å². The molecular weight excluding hydrogens is 634 g/mol. The van der Waals surface area contributed by atoms with E-state index in [4.69, 9.17) is 9.47 Å². The maximum absolute atomic E-state index is 14.5. The summed E-state index contributed by atoms with van der Waals surface area (Å²) in [5.74, 6) is -2.33. The third-order valence-corrected chi connectivity index (χ3v) is 6.82. The van der Waals surface area contributed by atoms with Gasteiger partial charge < -0.3 is 35.8 Å². The SMILES string of the molecule is C=C(NC(CNC(=O)c1cccc(NC(=O)[C@@H](O)[C@@H](Cc2ccccc2)NC(=O)OC(C)(C)C)c1)Cc1cc(F)ccc1F)OC(C)(C)C. The van der Waals surface area contributed by atoms with Gasteiger partial charge in [0, 0.05) is 17.8 Å². The van der Waals surface area contributed by atoms with E-state index in [0.29, 0.717) is 0 Å². The topological polar surface area (TPSA) is 138 Å². The van der Waals surface area contributed by atoms with Crippen LogP contribution in [-0.2, 0) is 27.1 Å². The van der Waals surface area contributed by atoms with Gasteiger partial charge in [-0.25, -0.2) is 13.6 Å². The summed E-state index contributed by atoms with van der Waals surface area (Å²) in [5, 5.41) is 22.0. The van der Waals surface area contributed by atoms with Crippen molar-refractivity contribution in [2.45, 2.75) is 83.8 Å². The molecule has 0 aliphatic rings. The van der Waals surface area contributed by atoms with Crippen molar-refractivity contribution in [3.05, 3.63) is 114 Å². The minimum atomic E-state index is -1.68. The van der Waals surface area contributed by atoms with Crippen molar-refractivity contribution in [1.29, 1.82) is 0 Å². The second kappa shape index (κ2) is 16.9. The molecule has 264 valence electrons. The first-order chi connectivity index (χ1) is 22.9. The number of anilines is 1. The molecule has 0 saturated carbocycles. The van der Waals surface area contributed by atoms with Gasteiger partial charge in [0.15, 0.2) is 12.0 Å². The van der Waals surface area contributed by atoms with E-state index in [2.05, 4.69) is 27.8 Å². The zero-order chi connectivity index (χ0) is 36.4. The summed E-state index contributed by atoms with van der Waals surface area (Å²) in [5.41, 5.74) is -0.0965. The minimum absolute atomic E-state index is 0.00581.